The van der Waals surface area contributed by atoms with E-state index in [1.807, 2.05) is 6.92 Å². The van der Waals surface area contributed by atoms with Gasteiger partial charge in [-0.15, -0.1) is 0 Å². The molecular formula is C16H12ClF2NO2S. The molecule has 23 heavy (non-hydrogen) atoms. The summed E-state index contributed by atoms with van der Waals surface area (Å²) < 4.78 is 53.1. The van der Waals surface area contributed by atoms with Crippen LogP contribution in [-0.4, -0.2) is 12.4 Å². The third kappa shape index (κ3) is 2.62. The van der Waals surface area contributed by atoms with E-state index in [9.17, 15) is 17.2 Å². The Balaban J connectivity index is 2.36. The van der Waals surface area contributed by atoms with Crippen molar-refractivity contribution in [3.63, 3.8) is 0 Å². The Morgan fingerprint density at radius 2 is 1.74 bits per heavy atom. The highest BCUT2D eigenvalue weighted by atomic mass is 35.5. The van der Waals surface area contributed by atoms with Gasteiger partial charge in [-0.1, -0.05) is 35.4 Å². The molecule has 2 aromatic carbocycles. The van der Waals surface area contributed by atoms with Crippen LogP contribution in [-0.2, 0) is 10.0 Å². The van der Waals surface area contributed by atoms with Gasteiger partial charge in [0, 0.05) is 10.4 Å². The lowest BCUT2D eigenvalue weighted by Crippen LogP contribution is -2.16. The second-order valence-corrected chi connectivity index (χ2v) is 7.32. The number of hydrogen-bond acceptors (Lipinski definition) is 2. The summed E-state index contributed by atoms with van der Waals surface area (Å²) in [6.07, 6.45) is -2.95. The Bertz CT molecular complexity index is 979. The molecule has 0 N–H and O–H groups in total. The summed E-state index contributed by atoms with van der Waals surface area (Å²) in [5.41, 5.74) is 0.403. The molecule has 0 aliphatic rings. The Morgan fingerprint density at radius 1 is 1.09 bits per heavy atom. The fourth-order valence-corrected chi connectivity index (χ4v) is 4.17. The van der Waals surface area contributed by atoms with Gasteiger partial charge in [-0.25, -0.2) is 21.2 Å². The van der Waals surface area contributed by atoms with Crippen LogP contribution in [0.4, 0.5) is 8.78 Å². The first-order valence-corrected chi connectivity index (χ1v) is 8.54. The number of benzene rings is 2. The van der Waals surface area contributed by atoms with Crippen LogP contribution in [0.2, 0.25) is 5.02 Å². The van der Waals surface area contributed by atoms with E-state index in [2.05, 4.69) is 0 Å². The maximum atomic E-state index is 13.4. The third-order valence-electron chi connectivity index (χ3n) is 3.56. The molecule has 0 radical (unpaired) electrons. The van der Waals surface area contributed by atoms with Crippen molar-refractivity contribution in [2.24, 2.45) is 0 Å². The van der Waals surface area contributed by atoms with Gasteiger partial charge in [-0.2, -0.15) is 0 Å². The van der Waals surface area contributed by atoms with Crippen LogP contribution in [0.5, 0.6) is 0 Å². The fourth-order valence-electron chi connectivity index (χ4n) is 2.43. The van der Waals surface area contributed by atoms with E-state index >= 15 is 0 Å². The highest BCUT2D eigenvalue weighted by Crippen LogP contribution is 2.34. The number of alkyl halides is 2. The molecule has 0 unspecified atom stereocenters. The number of fused-ring (bicyclic) bond motifs is 1. The standard InChI is InChI=1S/C16H12ClF2NO2S/c1-10-5-7-11(8-6-10)23(21,22)20-14-4-2-3-13(17)12(14)9-15(20)16(18)19/h2-9,16H,1H3. The van der Waals surface area contributed by atoms with Crippen molar-refractivity contribution in [3.05, 3.63) is 64.8 Å². The Kier molecular flexibility index (Phi) is 3.90. The Hall–Kier alpha value is -1.92. The van der Waals surface area contributed by atoms with E-state index in [-0.39, 0.29) is 20.8 Å². The fraction of sp³-hybridized carbons (Fsp3) is 0.125. The molecule has 0 fully saturated rings. The van der Waals surface area contributed by atoms with E-state index in [1.165, 1.54) is 30.3 Å². The number of hydrogen-bond donors (Lipinski definition) is 0. The SMILES string of the molecule is Cc1ccc(S(=O)(=O)n2c(C(F)F)cc3c(Cl)cccc32)cc1. The summed E-state index contributed by atoms with van der Waals surface area (Å²) in [5.74, 6) is 0. The Labute approximate surface area is 137 Å². The van der Waals surface area contributed by atoms with Gasteiger partial charge in [0.05, 0.1) is 10.4 Å². The van der Waals surface area contributed by atoms with Crippen LogP contribution < -0.4 is 0 Å². The highest BCUT2D eigenvalue weighted by molar-refractivity contribution is 7.90. The van der Waals surface area contributed by atoms with E-state index in [1.54, 1.807) is 12.1 Å². The lowest BCUT2D eigenvalue weighted by Gasteiger charge is -2.12. The number of aromatic nitrogens is 1. The van der Waals surface area contributed by atoms with Crippen LogP contribution in [0.3, 0.4) is 0 Å². The monoisotopic (exact) mass is 355 g/mol. The van der Waals surface area contributed by atoms with Crippen molar-refractivity contribution in [1.82, 2.24) is 3.97 Å². The first kappa shape index (κ1) is 16.0. The van der Waals surface area contributed by atoms with Crippen molar-refractivity contribution in [2.45, 2.75) is 18.2 Å². The summed E-state index contributed by atoms with van der Waals surface area (Å²) in [4.78, 5) is -0.0533. The normalized spacial score (nSPS) is 12.2. The summed E-state index contributed by atoms with van der Waals surface area (Å²) >= 11 is 6.01. The van der Waals surface area contributed by atoms with Crippen molar-refractivity contribution in [3.8, 4) is 0 Å². The molecule has 3 nitrogen and oxygen atoms in total. The third-order valence-corrected chi connectivity index (χ3v) is 5.64. The van der Waals surface area contributed by atoms with Gasteiger partial charge in [0.15, 0.2) is 0 Å². The maximum Gasteiger partial charge on any atom is 0.279 e. The van der Waals surface area contributed by atoms with Gasteiger partial charge in [-0.05, 0) is 37.3 Å². The zero-order valence-corrected chi connectivity index (χ0v) is 13.6. The van der Waals surface area contributed by atoms with Crippen molar-refractivity contribution < 1.29 is 17.2 Å². The largest absolute Gasteiger partial charge is 0.279 e. The highest BCUT2D eigenvalue weighted by Gasteiger charge is 2.27. The summed E-state index contributed by atoms with van der Waals surface area (Å²) in [5, 5.41) is 0.502. The molecule has 3 rings (SSSR count). The van der Waals surface area contributed by atoms with E-state index in [4.69, 9.17) is 11.6 Å². The average Bonchev–Trinajstić information content (AvgIpc) is 2.89. The van der Waals surface area contributed by atoms with Crippen LogP contribution in [0.15, 0.2) is 53.4 Å². The molecule has 0 saturated carbocycles. The van der Waals surface area contributed by atoms with Gasteiger partial charge >= 0.3 is 0 Å². The lowest BCUT2D eigenvalue weighted by molar-refractivity contribution is 0.145. The van der Waals surface area contributed by atoms with Gasteiger partial charge in [0.25, 0.3) is 16.4 Å². The average molecular weight is 356 g/mol. The van der Waals surface area contributed by atoms with Gasteiger partial charge < -0.3 is 0 Å². The quantitative estimate of drug-likeness (QED) is 0.678. The molecule has 0 amide bonds. The minimum atomic E-state index is -4.15. The van der Waals surface area contributed by atoms with Gasteiger partial charge in [-0.3, -0.25) is 0 Å². The van der Waals surface area contributed by atoms with Crippen molar-refractivity contribution in [1.29, 1.82) is 0 Å². The second kappa shape index (κ2) is 5.62. The molecule has 1 aromatic heterocycles. The Morgan fingerprint density at radius 3 is 2.35 bits per heavy atom. The van der Waals surface area contributed by atoms with Crippen LogP contribution >= 0.6 is 11.6 Å². The molecule has 0 aliphatic heterocycles. The van der Waals surface area contributed by atoms with E-state index in [0.717, 1.165) is 11.6 Å². The smallest absolute Gasteiger partial charge is 0.232 e. The molecule has 1 heterocycles. The topological polar surface area (TPSA) is 39.1 Å². The van der Waals surface area contributed by atoms with Crippen molar-refractivity contribution in [2.75, 3.05) is 0 Å². The predicted octanol–water partition coefficient (Wildman–Crippen LogP) is 4.78. The summed E-state index contributed by atoms with van der Waals surface area (Å²) in [7, 11) is -4.15. The molecule has 0 bridgehead atoms. The molecule has 120 valence electrons. The minimum absolute atomic E-state index is 0.0533. The minimum Gasteiger partial charge on any atom is -0.232 e. The molecule has 0 saturated heterocycles. The molecule has 0 atom stereocenters. The number of halogens is 3. The van der Waals surface area contributed by atoms with Gasteiger partial charge in [0.1, 0.15) is 5.69 Å². The maximum absolute atomic E-state index is 13.4. The molecule has 0 aliphatic carbocycles. The molecule has 3 aromatic rings. The van der Waals surface area contributed by atoms with Crippen LogP contribution in [0.25, 0.3) is 10.9 Å². The zero-order chi connectivity index (χ0) is 16.8. The molecular weight excluding hydrogens is 344 g/mol. The first-order valence-electron chi connectivity index (χ1n) is 6.72. The predicted molar refractivity (Wildman–Crippen MR) is 85.7 cm³/mol. The zero-order valence-electron chi connectivity index (χ0n) is 12.0. The van der Waals surface area contributed by atoms with E-state index < -0.39 is 22.1 Å². The first-order chi connectivity index (χ1) is 10.8. The second-order valence-electron chi connectivity index (χ2n) is 5.13. The van der Waals surface area contributed by atoms with E-state index in [0.29, 0.717) is 3.97 Å². The summed E-state index contributed by atoms with van der Waals surface area (Å²) in [6, 6.07) is 11.7. The molecule has 0 spiro atoms. The van der Waals surface area contributed by atoms with Crippen LogP contribution in [0.1, 0.15) is 17.7 Å². The lowest BCUT2D eigenvalue weighted by atomic mass is 10.2. The van der Waals surface area contributed by atoms with Crippen LogP contribution in [0, 0.1) is 6.92 Å². The van der Waals surface area contributed by atoms with Crippen molar-refractivity contribution >= 4 is 32.5 Å². The number of aryl methyl sites for hydroxylation is 1. The summed E-state index contributed by atoms with van der Waals surface area (Å²) in [6.45, 7) is 1.81. The number of rotatable bonds is 3. The molecule has 7 heteroatoms. The van der Waals surface area contributed by atoms with Gasteiger partial charge in [0.2, 0.25) is 0 Å². The number of nitrogens with zero attached hydrogens (tertiary/aromatic N) is 1.